The van der Waals surface area contributed by atoms with Gasteiger partial charge in [-0.1, -0.05) is 37.3 Å². The summed E-state index contributed by atoms with van der Waals surface area (Å²) in [7, 11) is 1.72. The summed E-state index contributed by atoms with van der Waals surface area (Å²) in [4.78, 5) is 2.37. The minimum Gasteiger partial charge on any atom is -0.384 e. The summed E-state index contributed by atoms with van der Waals surface area (Å²) in [5, 5.41) is 6.80. The van der Waals surface area contributed by atoms with Crippen molar-refractivity contribution in [2.75, 3.05) is 40.0 Å². The summed E-state index contributed by atoms with van der Waals surface area (Å²) in [6.45, 7) is 8.82. The highest BCUT2D eigenvalue weighted by Gasteiger charge is 2.24. The summed E-state index contributed by atoms with van der Waals surface area (Å²) >= 11 is 0. The van der Waals surface area contributed by atoms with Gasteiger partial charge in [-0.25, -0.2) is 5.43 Å². The monoisotopic (exact) mass is 439 g/mol. The molecule has 0 aromatic carbocycles. The highest BCUT2D eigenvalue weighted by molar-refractivity contribution is 5.34. The molecule has 0 spiro atoms. The van der Waals surface area contributed by atoms with Crippen LogP contribution in [-0.2, 0) is 22.4 Å². The standard InChI is InChI=1S/C25H37N5O2/c1-4-6-7-9-22(8-5-2)24-11-16-30(27-24)25(28-17-20-32-21-18-28)12-15-29-14-10-23(26-29)13-19-31-3/h5-12,14,16,24,27H,4,13,15,17-21H2,1-3H3/b7-6+,8-5-,22-9+,25-12-. The fourth-order valence-corrected chi connectivity index (χ4v) is 3.70. The van der Waals surface area contributed by atoms with Crippen molar-refractivity contribution in [2.45, 2.75) is 39.3 Å². The Hall–Kier alpha value is -2.61. The van der Waals surface area contributed by atoms with E-state index >= 15 is 0 Å². The molecular weight excluding hydrogens is 402 g/mol. The summed E-state index contributed by atoms with van der Waals surface area (Å²) < 4.78 is 12.7. The maximum atomic E-state index is 5.58. The third-order valence-corrected chi connectivity index (χ3v) is 5.39. The first-order valence-electron chi connectivity index (χ1n) is 11.5. The zero-order valence-electron chi connectivity index (χ0n) is 19.6. The minimum absolute atomic E-state index is 0.127. The molecule has 1 atom stereocenters. The average molecular weight is 440 g/mol. The first-order valence-corrected chi connectivity index (χ1v) is 11.5. The van der Waals surface area contributed by atoms with Gasteiger partial charge in [0.25, 0.3) is 0 Å². The van der Waals surface area contributed by atoms with Crippen molar-refractivity contribution >= 4 is 0 Å². The zero-order valence-corrected chi connectivity index (χ0v) is 19.6. The predicted octanol–water partition coefficient (Wildman–Crippen LogP) is 3.42. The third-order valence-electron chi connectivity index (χ3n) is 5.39. The lowest BCUT2D eigenvalue weighted by molar-refractivity contribution is 0.0380. The molecule has 0 amide bonds. The van der Waals surface area contributed by atoms with E-state index in [9.17, 15) is 0 Å². The van der Waals surface area contributed by atoms with Gasteiger partial charge in [-0.3, -0.25) is 9.69 Å². The molecule has 3 heterocycles. The second-order valence-corrected chi connectivity index (χ2v) is 7.76. The predicted molar refractivity (Wildman–Crippen MR) is 129 cm³/mol. The SMILES string of the molecule is C\C=C/C(=C\C=C\CC)C1C=CN(/C(=C\Cn2ccc(CCOC)n2)N2CCOCC2)N1. The van der Waals surface area contributed by atoms with E-state index < -0.39 is 0 Å². The lowest BCUT2D eigenvalue weighted by atomic mass is 10.1. The Morgan fingerprint density at radius 2 is 2.19 bits per heavy atom. The van der Waals surface area contributed by atoms with Crippen molar-refractivity contribution < 1.29 is 9.47 Å². The first-order chi connectivity index (χ1) is 15.7. The Morgan fingerprint density at radius 1 is 1.34 bits per heavy atom. The normalized spacial score (nSPS) is 20.4. The number of rotatable bonds is 11. The van der Waals surface area contributed by atoms with Crippen molar-refractivity contribution in [2.24, 2.45) is 0 Å². The van der Waals surface area contributed by atoms with Crippen molar-refractivity contribution in [3.8, 4) is 0 Å². The van der Waals surface area contributed by atoms with Gasteiger partial charge in [0.2, 0.25) is 0 Å². The van der Waals surface area contributed by atoms with Crippen molar-refractivity contribution in [3.63, 3.8) is 0 Å². The second-order valence-electron chi connectivity index (χ2n) is 7.76. The van der Waals surface area contributed by atoms with Crippen LogP contribution >= 0.6 is 0 Å². The van der Waals surface area contributed by atoms with E-state index in [4.69, 9.17) is 9.47 Å². The van der Waals surface area contributed by atoms with Crippen LogP contribution in [0.1, 0.15) is 26.0 Å². The molecule has 1 aromatic rings. The smallest absolute Gasteiger partial charge is 0.121 e. The van der Waals surface area contributed by atoms with Gasteiger partial charge < -0.3 is 14.4 Å². The van der Waals surface area contributed by atoms with Gasteiger partial charge in [0.1, 0.15) is 5.82 Å². The zero-order chi connectivity index (χ0) is 22.6. The van der Waals surface area contributed by atoms with E-state index in [2.05, 4.69) is 89.1 Å². The summed E-state index contributed by atoms with van der Waals surface area (Å²) in [6, 6.07) is 2.19. The van der Waals surface area contributed by atoms with Gasteiger partial charge in [-0.05, 0) is 37.1 Å². The number of nitrogens with zero attached hydrogens (tertiary/aromatic N) is 4. The molecule has 3 rings (SSSR count). The Labute approximate surface area is 192 Å². The third kappa shape index (κ3) is 6.95. The first kappa shape index (κ1) is 24.0. The molecule has 0 bridgehead atoms. The number of allylic oxidation sites excluding steroid dienone is 5. The number of hydrazine groups is 1. The molecule has 0 aliphatic carbocycles. The van der Waals surface area contributed by atoms with Crippen LogP contribution in [0.15, 0.2) is 72.4 Å². The highest BCUT2D eigenvalue weighted by atomic mass is 16.5. The number of morpholine rings is 1. The molecule has 174 valence electrons. The van der Waals surface area contributed by atoms with E-state index in [1.54, 1.807) is 7.11 Å². The summed E-state index contributed by atoms with van der Waals surface area (Å²) in [6.07, 6.45) is 21.2. The molecule has 1 saturated heterocycles. The van der Waals surface area contributed by atoms with E-state index in [-0.39, 0.29) is 6.04 Å². The number of hydrogen-bond donors (Lipinski definition) is 1. The molecule has 7 nitrogen and oxygen atoms in total. The van der Waals surface area contributed by atoms with Gasteiger partial charge in [0, 0.05) is 39.0 Å². The fourth-order valence-electron chi connectivity index (χ4n) is 3.70. The average Bonchev–Trinajstić information content (AvgIpc) is 3.48. The maximum Gasteiger partial charge on any atom is 0.121 e. The Balaban J connectivity index is 1.73. The molecule has 1 unspecified atom stereocenters. The highest BCUT2D eigenvalue weighted by Crippen LogP contribution is 2.20. The van der Waals surface area contributed by atoms with Gasteiger partial charge in [-0.2, -0.15) is 5.10 Å². The van der Waals surface area contributed by atoms with Crippen molar-refractivity contribution in [1.29, 1.82) is 0 Å². The van der Waals surface area contributed by atoms with E-state index in [1.807, 2.05) is 10.9 Å². The van der Waals surface area contributed by atoms with Crippen LogP contribution in [0.25, 0.3) is 0 Å². The van der Waals surface area contributed by atoms with Crippen LogP contribution in [0.3, 0.4) is 0 Å². The number of nitrogens with one attached hydrogen (secondary N) is 1. The van der Waals surface area contributed by atoms with E-state index in [1.165, 1.54) is 5.57 Å². The summed E-state index contributed by atoms with van der Waals surface area (Å²) in [5.41, 5.74) is 5.92. The Bertz CT molecular complexity index is 846. The quantitative estimate of drug-likeness (QED) is 0.533. The van der Waals surface area contributed by atoms with Crippen LogP contribution in [0.5, 0.6) is 0 Å². The van der Waals surface area contributed by atoms with Gasteiger partial charge in [0.05, 0.1) is 38.1 Å². The van der Waals surface area contributed by atoms with E-state index in [0.717, 1.165) is 50.7 Å². The molecule has 2 aliphatic heterocycles. The Kier molecular flexibility index (Phi) is 9.81. The largest absolute Gasteiger partial charge is 0.384 e. The lowest BCUT2D eigenvalue weighted by Crippen LogP contribution is -2.45. The van der Waals surface area contributed by atoms with Crippen LogP contribution in [0.2, 0.25) is 0 Å². The molecular formula is C25H37N5O2. The van der Waals surface area contributed by atoms with E-state index in [0.29, 0.717) is 13.2 Å². The number of hydrogen-bond acceptors (Lipinski definition) is 6. The molecule has 32 heavy (non-hydrogen) atoms. The lowest BCUT2D eigenvalue weighted by Gasteiger charge is -2.35. The fraction of sp³-hybridized carbons (Fsp3) is 0.480. The molecule has 1 fully saturated rings. The maximum absolute atomic E-state index is 5.58. The minimum atomic E-state index is 0.127. The number of ether oxygens (including phenoxy) is 2. The molecule has 1 N–H and O–H groups in total. The van der Waals surface area contributed by atoms with Crippen LogP contribution < -0.4 is 5.43 Å². The number of methoxy groups -OCH3 is 1. The van der Waals surface area contributed by atoms with Gasteiger partial charge >= 0.3 is 0 Å². The Morgan fingerprint density at radius 3 is 2.94 bits per heavy atom. The van der Waals surface area contributed by atoms with Crippen molar-refractivity contribution in [1.82, 2.24) is 25.1 Å². The number of aromatic nitrogens is 2. The van der Waals surface area contributed by atoms with Crippen LogP contribution in [0, 0.1) is 0 Å². The molecule has 0 saturated carbocycles. The van der Waals surface area contributed by atoms with Crippen molar-refractivity contribution in [3.05, 3.63) is 78.1 Å². The molecule has 1 aromatic heterocycles. The van der Waals surface area contributed by atoms with Crippen LogP contribution in [-0.4, -0.2) is 65.8 Å². The summed E-state index contributed by atoms with van der Waals surface area (Å²) in [5.74, 6) is 1.13. The molecule has 7 heteroatoms. The van der Waals surface area contributed by atoms with Gasteiger partial charge in [0.15, 0.2) is 0 Å². The van der Waals surface area contributed by atoms with Gasteiger partial charge in [-0.15, -0.1) is 0 Å². The topological polar surface area (TPSA) is 54.8 Å². The second kappa shape index (κ2) is 13.1. The van der Waals surface area contributed by atoms with Crippen LogP contribution in [0.4, 0.5) is 0 Å². The molecule has 0 radical (unpaired) electrons. The molecule has 2 aliphatic rings.